The number of esters is 1. The number of hydrogen-bond donors (Lipinski definition) is 0. The molecule has 0 aliphatic heterocycles. The number of carbonyl (C=O) groups excluding carboxylic acids is 2. The molecule has 0 unspecified atom stereocenters. The number of anilines is 1. The van der Waals surface area contributed by atoms with E-state index in [-0.39, 0.29) is 5.69 Å². The van der Waals surface area contributed by atoms with E-state index in [0.29, 0.717) is 28.4 Å². The first-order valence-corrected chi connectivity index (χ1v) is 10.1. The van der Waals surface area contributed by atoms with Crippen molar-refractivity contribution < 1.29 is 19.1 Å². The highest BCUT2D eigenvalue weighted by Gasteiger charge is 2.21. The van der Waals surface area contributed by atoms with Crippen LogP contribution in [0.15, 0.2) is 30.3 Å². The molecule has 0 saturated carbocycles. The zero-order valence-corrected chi connectivity index (χ0v) is 19.1. The number of imidazole rings is 1. The summed E-state index contributed by atoms with van der Waals surface area (Å²) >= 11 is 6.53. The van der Waals surface area contributed by atoms with Gasteiger partial charge in [0.25, 0.3) is 0 Å². The predicted octanol–water partition coefficient (Wildman–Crippen LogP) is 4.60. The molecule has 0 aliphatic rings. The first-order chi connectivity index (χ1) is 14.5. The lowest BCUT2D eigenvalue weighted by molar-refractivity contribution is 0.0582. The predicted molar refractivity (Wildman–Crippen MR) is 119 cm³/mol. The summed E-state index contributed by atoms with van der Waals surface area (Å²) in [4.78, 5) is 34.5. The Morgan fingerprint density at radius 2 is 1.87 bits per heavy atom. The Hall–Kier alpha value is -3.13. The van der Waals surface area contributed by atoms with E-state index in [1.54, 1.807) is 31.3 Å². The van der Waals surface area contributed by atoms with Crippen LogP contribution >= 0.6 is 11.6 Å². The van der Waals surface area contributed by atoms with Crippen LogP contribution in [0.1, 0.15) is 42.6 Å². The van der Waals surface area contributed by atoms with Gasteiger partial charge in [0.05, 0.1) is 13.7 Å². The van der Waals surface area contributed by atoms with Gasteiger partial charge in [-0.2, -0.15) is 0 Å². The molecular weight excluding hydrogens is 420 g/mol. The second kappa shape index (κ2) is 8.55. The maximum atomic E-state index is 12.3. The Kier molecular flexibility index (Phi) is 6.22. The molecule has 164 valence electrons. The maximum absolute atomic E-state index is 12.3. The Morgan fingerprint density at radius 1 is 1.16 bits per heavy atom. The van der Waals surface area contributed by atoms with Crippen molar-refractivity contribution in [3.8, 4) is 0 Å². The van der Waals surface area contributed by atoms with Gasteiger partial charge in [-0.25, -0.2) is 19.6 Å². The Morgan fingerprint density at radius 3 is 2.48 bits per heavy atom. The fraction of sp³-hybridized carbons (Fsp3) is 0.364. The van der Waals surface area contributed by atoms with E-state index in [0.717, 1.165) is 11.4 Å². The summed E-state index contributed by atoms with van der Waals surface area (Å²) in [5.74, 6) is 0.218. The normalized spacial score (nSPS) is 11.5. The number of aromatic nitrogens is 3. The summed E-state index contributed by atoms with van der Waals surface area (Å²) < 4.78 is 12.0. The van der Waals surface area contributed by atoms with Crippen LogP contribution in [0.25, 0.3) is 11.2 Å². The van der Waals surface area contributed by atoms with Crippen molar-refractivity contribution >= 4 is 40.5 Å². The second-order valence-corrected chi connectivity index (χ2v) is 8.50. The van der Waals surface area contributed by atoms with E-state index in [1.165, 1.54) is 12.0 Å². The molecule has 0 atom stereocenters. The van der Waals surface area contributed by atoms with Crippen molar-refractivity contribution in [2.45, 2.75) is 39.8 Å². The number of aryl methyl sites for hydroxylation is 1. The van der Waals surface area contributed by atoms with Gasteiger partial charge in [-0.1, -0.05) is 17.7 Å². The van der Waals surface area contributed by atoms with Crippen LogP contribution in [0.5, 0.6) is 0 Å². The number of benzene rings is 1. The third-order valence-electron chi connectivity index (χ3n) is 4.60. The molecule has 31 heavy (non-hydrogen) atoms. The van der Waals surface area contributed by atoms with Crippen molar-refractivity contribution in [2.24, 2.45) is 0 Å². The Balaban J connectivity index is 1.90. The van der Waals surface area contributed by atoms with Crippen molar-refractivity contribution in [2.75, 3.05) is 19.1 Å². The molecule has 2 aromatic heterocycles. The second-order valence-electron chi connectivity index (χ2n) is 8.09. The SMILES string of the molecule is COC(=O)c1ccc2nc(C)n(Cc3ccc(N(C)C(=O)OC(C)(C)C)cc3Cl)c2n1. The van der Waals surface area contributed by atoms with Crippen LogP contribution in [-0.4, -0.2) is 46.4 Å². The lowest BCUT2D eigenvalue weighted by Crippen LogP contribution is -2.34. The molecule has 3 aromatic rings. The van der Waals surface area contributed by atoms with Crippen LogP contribution in [0.3, 0.4) is 0 Å². The highest BCUT2D eigenvalue weighted by Crippen LogP contribution is 2.26. The molecule has 8 nitrogen and oxygen atoms in total. The molecule has 9 heteroatoms. The maximum Gasteiger partial charge on any atom is 0.414 e. The average molecular weight is 445 g/mol. The molecule has 0 bridgehead atoms. The van der Waals surface area contributed by atoms with Gasteiger partial charge in [0.15, 0.2) is 11.3 Å². The molecule has 0 aliphatic carbocycles. The van der Waals surface area contributed by atoms with Gasteiger partial charge in [0.2, 0.25) is 0 Å². The quantitative estimate of drug-likeness (QED) is 0.546. The van der Waals surface area contributed by atoms with E-state index in [2.05, 4.69) is 9.97 Å². The number of fused-ring (bicyclic) bond motifs is 1. The average Bonchev–Trinajstić information content (AvgIpc) is 3.01. The number of methoxy groups -OCH3 is 1. The molecular formula is C22H25ClN4O4. The fourth-order valence-corrected chi connectivity index (χ4v) is 3.24. The number of carbonyl (C=O) groups is 2. The first-order valence-electron chi connectivity index (χ1n) is 9.67. The summed E-state index contributed by atoms with van der Waals surface area (Å²) in [6, 6.07) is 8.67. The molecule has 1 aromatic carbocycles. The van der Waals surface area contributed by atoms with E-state index in [4.69, 9.17) is 21.1 Å². The fourth-order valence-electron chi connectivity index (χ4n) is 3.00. The standard InChI is InChI=1S/C22H25ClN4O4/c1-13-24-17-9-10-18(20(28)30-6)25-19(17)27(13)12-14-7-8-15(11-16(14)23)26(5)21(29)31-22(2,3)4/h7-11H,12H2,1-6H3. The molecule has 0 fully saturated rings. The topological polar surface area (TPSA) is 86.6 Å². The molecule has 1 amide bonds. The largest absolute Gasteiger partial charge is 0.464 e. The summed E-state index contributed by atoms with van der Waals surface area (Å²) in [6.07, 6.45) is -0.465. The van der Waals surface area contributed by atoms with Crippen LogP contribution in [0, 0.1) is 6.92 Å². The van der Waals surface area contributed by atoms with Gasteiger partial charge >= 0.3 is 12.1 Å². The first kappa shape index (κ1) is 22.6. The smallest absolute Gasteiger partial charge is 0.414 e. The van der Waals surface area contributed by atoms with Gasteiger partial charge in [-0.15, -0.1) is 0 Å². The molecule has 0 saturated heterocycles. The van der Waals surface area contributed by atoms with Crippen LogP contribution in [-0.2, 0) is 16.0 Å². The van der Waals surface area contributed by atoms with Crippen molar-refractivity contribution in [1.29, 1.82) is 0 Å². The number of hydrogen-bond acceptors (Lipinski definition) is 6. The van der Waals surface area contributed by atoms with Crippen molar-refractivity contribution in [3.05, 3.63) is 52.4 Å². The Labute approximate surface area is 185 Å². The number of rotatable bonds is 4. The molecule has 0 radical (unpaired) electrons. The zero-order chi connectivity index (χ0) is 22.9. The minimum atomic E-state index is -0.592. The lowest BCUT2D eigenvalue weighted by atomic mass is 10.2. The number of halogens is 1. The minimum absolute atomic E-state index is 0.205. The van der Waals surface area contributed by atoms with Gasteiger partial charge in [0, 0.05) is 17.8 Å². The summed E-state index contributed by atoms with van der Waals surface area (Å²) in [5.41, 5.74) is 2.27. The summed E-state index contributed by atoms with van der Waals surface area (Å²) in [6.45, 7) is 7.69. The number of ether oxygens (including phenoxy) is 2. The van der Waals surface area contributed by atoms with E-state index >= 15 is 0 Å². The van der Waals surface area contributed by atoms with Gasteiger partial charge in [0.1, 0.15) is 16.9 Å². The van der Waals surface area contributed by atoms with Crippen molar-refractivity contribution in [1.82, 2.24) is 14.5 Å². The monoisotopic (exact) mass is 444 g/mol. The number of pyridine rings is 1. The molecule has 0 N–H and O–H groups in total. The molecule has 2 heterocycles. The van der Waals surface area contributed by atoms with Crippen LogP contribution in [0.2, 0.25) is 5.02 Å². The number of amides is 1. The zero-order valence-electron chi connectivity index (χ0n) is 18.4. The van der Waals surface area contributed by atoms with Crippen LogP contribution < -0.4 is 4.90 Å². The summed E-state index contributed by atoms with van der Waals surface area (Å²) in [7, 11) is 2.94. The lowest BCUT2D eigenvalue weighted by Gasteiger charge is -2.25. The van der Waals surface area contributed by atoms with Crippen LogP contribution in [0.4, 0.5) is 10.5 Å². The number of nitrogens with zero attached hydrogens (tertiary/aromatic N) is 4. The van der Waals surface area contributed by atoms with E-state index in [1.807, 2.05) is 38.3 Å². The third-order valence-corrected chi connectivity index (χ3v) is 4.95. The highest BCUT2D eigenvalue weighted by molar-refractivity contribution is 6.31. The third kappa shape index (κ3) is 4.96. The van der Waals surface area contributed by atoms with E-state index < -0.39 is 17.7 Å². The van der Waals surface area contributed by atoms with Gasteiger partial charge < -0.3 is 14.0 Å². The van der Waals surface area contributed by atoms with Gasteiger partial charge in [-0.05, 0) is 57.5 Å². The van der Waals surface area contributed by atoms with Gasteiger partial charge in [-0.3, -0.25) is 4.90 Å². The Bertz CT molecular complexity index is 1150. The van der Waals surface area contributed by atoms with Crippen molar-refractivity contribution in [3.63, 3.8) is 0 Å². The summed E-state index contributed by atoms with van der Waals surface area (Å²) in [5, 5.41) is 0.485. The molecule has 3 rings (SSSR count). The highest BCUT2D eigenvalue weighted by atomic mass is 35.5. The van der Waals surface area contributed by atoms with E-state index in [9.17, 15) is 9.59 Å². The molecule has 0 spiro atoms. The minimum Gasteiger partial charge on any atom is -0.464 e.